The van der Waals surface area contributed by atoms with Gasteiger partial charge in [-0.1, -0.05) is 13.3 Å². The van der Waals surface area contributed by atoms with E-state index in [1.807, 2.05) is 6.92 Å². The molecule has 0 amide bonds. The van der Waals surface area contributed by atoms with Crippen LogP contribution in [0.15, 0.2) is 0 Å². The summed E-state index contributed by atoms with van der Waals surface area (Å²) in [4.78, 5) is 0. The first kappa shape index (κ1) is 11.0. The summed E-state index contributed by atoms with van der Waals surface area (Å²) in [5, 5.41) is -0.111. The molecule has 0 saturated carbocycles. The maximum Gasteiger partial charge on any atom is 0.153 e. The van der Waals surface area contributed by atoms with E-state index in [0.717, 1.165) is 25.7 Å². The summed E-state index contributed by atoms with van der Waals surface area (Å²) in [5.41, 5.74) is 5.48. The van der Waals surface area contributed by atoms with Gasteiger partial charge >= 0.3 is 0 Å². The molecule has 1 aliphatic rings. The Kier molecular flexibility index (Phi) is 3.74. The molecule has 2 atom stereocenters. The van der Waals surface area contributed by atoms with Crippen molar-refractivity contribution in [3.63, 3.8) is 0 Å². The van der Waals surface area contributed by atoms with E-state index in [1.54, 1.807) is 0 Å². The molecule has 0 aromatic heterocycles. The lowest BCUT2D eigenvalue weighted by atomic mass is 10.0. The van der Waals surface area contributed by atoms with Crippen LogP contribution in [0.2, 0.25) is 0 Å². The van der Waals surface area contributed by atoms with E-state index in [4.69, 9.17) is 5.73 Å². The maximum absolute atomic E-state index is 11.6. The molecule has 0 spiro atoms. The molecule has 1 heterocycles. The molecule has 1 saturated heterocycles. The SMILES string of the molecule is CC(CN)CC1CCCCS1(=O)=O. The number of rotatable bonds is 3. The number of hydrogen-bond donors (Lipinski definition) is 1. The van der Waals surface area contributed by atoms with Crippen LogP contribution >= 0.6 is 0 Å². The van der Waals surface area contributed by atoms with Gasteiger partial charge in [0.05, 0.1) is 11.0 Å². The smallest absolute Gasteiger partial charge is 0.153 e. The first-order chi connectivity index (χ1) is 6.06. The average molecular weight is 205 g/mol. The topological polar surface area (TPSA) is 60.2 Å². The molecule has 0 aromatic rings. The Hall–Kier alpha value is -0.0900. The first-order valence-corrected chi connectivity index (χ1v) is 6.69. The van der Waals surface area contributed by atoms with Crippen LogP contribution < -0.4 is 5.73 Å². The van der Waals surface area contributed by atoms with Gasteiger partial charge in [-0.05, 0) is 31.7 Å². The van der Waals surface area contributed by atoms with Gasteiger partial charge in [-0.25, -0.2) is 8.42 Å². The van der Waals surface area contributed by atoms with Gasteiger partial charge < -0.3 is 5.73 Å². The van der Waals surface area contributed by atoms with Gasteiger partial charge in [0, 0.05) is 0 Å². The molecule has 3 nitrogen and oxygen atoms in total. The molecule has 1 aliphatic heterocycles. The number of sulfone groups is 1. The van der Waals surface area contributed by atoms with Crippen molar-refractivity contribution in [2.75, 3.05) is 12.3 Å². The Morgan fingerprint density at radius 1 is 1.46 bits per heavy atom. The van der Waals surface area contributed by atoms with Crippen LogP contribution in [0.25, 0.3) is 0 Å². The molecular formula is C9H19NO2S. The zero-order valence-corrected chi connectivity index (χ0v) is 9.02. The van der Waals surface area contributed by atoms with Crippen LogP contribution in [0.1, 0.15) is 32.6 Å². The van der Waals surface area contributed by atoms with Crippen LogP contribution in [-0.4, -0.2) is 26.0 Å². The van der Waals surface area contributed by atoms with Gasteiger partial charge in [-0.2, -0.15) is 0 Å². The Morgan fingerprint density at radius 2 is 2.15 bits per heavy atom. The van der Waals surface area contributed by atoms with Crippen molar-refractivity contribution in [2.24, 2.45) is 11.7 Å². The van der Waals surface area contributed by atoms with Crippen LogP contribution in [0.4, 0.5) is 0 Å². The monoisotopic (exact) mass is 205 g/mol. The van der Waals surface area contributed by atoms with E-state index in [9.17, 15) is 8.42 Å². The van der Waals surface area contributed by atoms with E-state index in [1.165, 1.54) is 0 Å². The second kappa shape index (κ2) is 4.42. The zero-order valence-electron chi connectivity index (χ0n) is 8.20. The van der Waals surface area contributed by atoms with Gasteiger partial charge in [-0.15, -0.1) is 0 Å². The van der Waals surface area contributed by atoms with Gasteiger partial charge in [0.1, 0.15) is 0 Å². The molecule has 0 bridgehead atoms. The zero-order chi connectivity index (χ0) is 9.90. The molecule has 0 radical (unpaired) electrons. The third-order valence-corrected chi connectivity index (χ3v) is 5.08. The van der Waals surface area contributed by atoms with E-state index < -0.39 is 9.84 Å². The maximum atomic E-state index is 11.6. The lowest BCUT2D eigenvalue weighted by Crippen LogP contribution is -2.31. The van der Waals surface area contributed by atoms with Crippen LogP contribution in [0, 0.1) is 5.92 Å². The second-order valence-electron chi connectivity index (χ2n) is 4.06. The number of nitrogens with two attached hydrogens (primary N) is 1. The summed E-state index contributed by atoms with van der Waals surface area (Å²) in [5.74, 6) is 0.715. The Balaban J connectivity index is 2.56. The van der Waals surface area contributed by atoms with Crippen molar-refractivity contribution < 1.29 is 8.42 Å². The van der Waals surface area contributed by atoms with Gasteiger partial charge in [0.2, 0.25) is 0 Å². The fourth-order valence-corrected chi connectivity index (χ4v) is 3.92. The largest absolute Gasteiger partial charge is 0.330 e. The molecule has 1 fully saturated rings. The molecular weight excluding hydrogens is 186 g/mol. The van der Waals surface area contributed by atoms with Crippen LogP contribution in [0.3, 0.4) is 0 Å². The highest BCUT2D eigenvalue weighted by molar-refractivity contribution is 7.92. The summed E-state index contributed by atoms with van der Waals surface area (Å²) in [6.07, 6.45) is 3.49. The quantitative estimate of drug-likeness (QED) is 0.746. The summed E-state index contributed by atoms with van der Waals surface area (Å²) >= 11 is 0. The summed E-state index contributed by atoms with van der Waals surface area (Å²) < 4.78 is 23.2. The van der Waals surface area contributed by atoms with E-state index in [0.29, 0.717) is 18.2 Å². The highest BCUT2D eigenvalue weighted by Gasteiger charge is 2.29. The van der Waals surface area contributed by atoms with Crippen molar-refractivity contribution in [1.29, 1.82) is 0 Å². The lowest BCUT2D eigenvalue weighted by Gasteiger charge is -2.24. The lowest BCUT2D eigenvalue weighted by molar-refractivity contribution is 0.467. The fourth-order valence-electron chi connectivity index (χ4n) is 1.83. The summed E-state index contributed by atoms with van der Waals surface area (Å²) in [7, 11) is -2.78. The summed E-state index contributed by atoms with van der Waals surface area (Å²) in [6.45, 7) is 2.61. The minimum Gasteiger partial charge on any atom is -0.330 e. The van der Waals surface area contributed by atoms with Crippen molar-refractivity contribution in [3.8, 4) is 0 Å². The molecule has 2 N–H and O–H groups in total. The second-order valence-corrected chi connectivity index (χ2v) is 6.46. The standard InChI is InChI=1S/C9H19NO2S/c1-8(7-10)6-9-4-2-3-5-13(9,11)12/h8-9H,2-7,10H2,1H3. The van der Waals surface area contributed by atoms with Gasteiger partial charge in [0.15, 0.2) is 9.84 Å². The molecule has 1 rings (SSSR count). The predicted octanol–water partition coefficient (Wildman–Crippen LogP) is 0.939. The molecule has 0 aliphatic carbocycles. The molecule has 2 unspecified atom stereocenters. The van der Waals surface area contributed by atoms with Crippen LogP contribution in [-0.2, 0) is 9.84 Å². The molecule has 0 aromatic carbocycles. The van der Waals surface area contributed by atoms with Crippen molar-refractivity contribution in [3.05, 3.63) is 0 Å². The predicted molar refractivity (Wildman–Crippen MR) is 54.3 cm³/mol. The highest BCUT2D eigenvalue weighted by atomic mass is 32.2. The molecule has 4 heteroatoms. The summed E-state index contributed by atoms with van der Waals surface area (Å²) in [6, 6.07) is 0. The normalized spacial score (nSPS) is 29.8. The molecule has 13 heavy (non-hydrogen) atoms. The van der Waals surface area contributed by atoms with E-state index >= 15 is 0 Å². The van der Waals surface area contributed by atoms with Crippen molar-refractivity contribution in [2.45, 2.75) is 37.9 Å². The Labute approximate surface area is 80.6 Å². The first-order valence-electron chi connectivity index (χ1n) is 4.98. The average Bonchev–Trinajstić information content (AvgIpc) is 2.08. The van der Waals surface area contributed by atoms with Gasteiger partial charge in [-0.3, -0.25) is 0 Å². The Morgan fingerprint density at radius 3 is 2.69 bits per heavy atom. The van der Waals surface area contributed by atoms with Gasteiger partial charge in [0.25, 0.3) is 0 Å². The molecule has 78 valence electrons. The van der Waals surface area contributed by atoms with E-state index in [2.05, 4.69) is 0 Å². The minimum absolute atomic E-state index is 0.111. The third-order valence-electron chi connectivity index (χ3n) is 2.78. The van der Waals surface area contributed by atoms with E-state index in [-0.39, 0.29) is 5.25 Å². The number of hydrogen-bond acceptors (Lipinski definition) is 3. The fraction of sp³-hybridized carbons (Fsp3) is 1.00. The Bertz CT molecular complexity index is 248. The highest BCUT2D eigenvalue weighted by Crippen LogP contribution is 2.24. The minimum atomic E-state index is -2.78. The third kappa shape index (κ3) is 2.95. The van der Waals surface area contributed by atoms with Crippen molar-refractivity contribution in [1.82, 2.24) is 0 Å². The van der Waals surface area contributed by atoms with Crippen molar-refractivity contribution >= 4 is 9.84 Å². The van der Waals surface area contributed by atoms with Crippen LogP contribution in [0.5, 0.6) is 0 Å².